The monoisotopic (exact) mass is 469 g/mol. The molecule has 0 radical (unpaired) electrons. The van der Waals surface area contributed by atoms with E-state index in [-0.39, 0.29) is 0 Å². The molecule has 3 aliphatic heterocycles. The fourth-order valence-corrected chi connectivity index (χ4v) is 5.60. The van der Waals surface area contributed by atoms with Crippen LogP contribution in [-0.4, -0.2) is 65.0 Å². The first-order valence-corrected chi connectivity index (χ1v) is 13.1. The summed E-state index contributed by atoms with van der Waals surface area (Å²) in [6.07, 6.45) is 4.70. The number of benzene rings is 2. The van der Waals surface area contributed by atoms with Crippen LogP contribution >= 0.6 is 0 Å². The number of amidine groups is 1. The second-order valence-corrected chi connectivity index (χ2v) is 10.5. The lowest BCUT2D eigenvalue weighted by Crippen LogP contribution is -2.47. The van der Waals surface area contributed by atoms with E-state index in [1.54, 1.807) is 0 Å². The second-order valence-electron chi connectivity index (χ2n) is 10.5. The molecule has 0 saturated carbocycles. The number of nitrogens with one attached hydrogen (secondary N) is 1. The van der Waals surface area contributed by atoms with Crippen LogP contribution in [0.5, 0.6) is 0 Å². The first-order valence-electron chi connectivity index (χ1n) is 13.1. The van der Waals surface area contributed by atoms with Gasteiger partial charge in [0, 0.05) is 30.9 Å². The molecule has 2 unspecified atom stereocenters. The summed E-state index contributed by atoms with van der Waals surface area (Å²) in [5, 5.41) is 3.86. The smallest absolute Gasteiger partial charge is 0.131 e. The lowest BCUT2D eigenvalue weighted by atomic mass is 10.0. The lowest BCUT2D eigenvalue weighted by molar-refractivity contribution is 0.240. The van der Waals surface area contributed by atoms with Crippen LogP contribution in [-0.2, 0) is 12.8 Å². The van der Waals surface area contributed by atoms with Gasteiger partial charge >= 0.3 is 0 Å². The van der Waals surface area contributed by atoms with Crippen LogP contribution in [0.4, 0.5) is 0 Å². The van der Waals surface area contributed by atoms with Crippen molar-refractivity contribution in [2.45, 2.75) is 58.8 Å². The van der Waals surface area contributed by atoms with Crippen molar-refractivity contribution in [3.63, 3.8) is 0 Å². The number of aliphatic imine (C=N–C) groups is 1. The van der Waals surface area contributed by atoms with E-state index in [0.717, 1.165) is 44.9 Å². The minimum atomic E-state index is 0.291. The average molecular weight is 470 g/mol. The zero-order valence-corrected chi connectivity index (χ0v) is 21.6. The third-order valence-corrected chi connectivity index (χ3v) is 7.32. The largest absolute Gasteiger partial charge is 0.350 e. The van der Waals surface area contributed by atoms with E-state index in [9.17, 15) is 0 Å². The zero-order chi connectivity index (χ0) is 24.4. The van der Waals surface area contributed by atoms with E-state index in [0.29, 0.717) is 18.2 Å². The van der Waals surface area contributed by atoms with E-state index < -0.39 is 0 Å². The van der Waals surface area contributed by atoms with Crippen molar-refractivity contribution in [3.8, 4) is 0 Å². The molecule has 5 nitrogen and oxygen atoms in total. The molecule has 5 rings (SSSR count). The molecule has 1 saturated heterocycles. The van der Waals surface area contributed by atoms with E-state index in [2.05, 4.69) is 114 Å². The van der Waals surface area contributed by atoms with Gasteiger partial charge in [0.25, 0.3) is 0 Å². The van der Waals surface area contributed by atoms with E-state index in [1.807, 2.05) is 0 Å². The Labute approximate surface area is 210 Å². The van der Waals surface area contributed by atoms with Gasteiger partial charge < -0.3 is 14.7 Å². The number of nitrogens with zero attached hydrogens (tertiary/aromatic N) is 4. The number of fused-ring (bicyclic) bond motifs is 2. The molecule has 0 amide bonds. The normalized spacial score (nSPS) is 21.6. The molecular weight excluding hydrogens is 430 g/mol. The molecule has 3 aliphatic rings. The summed E-state index contributed by atoms with van der Waals surface area (Å²) in [7, 11) is 0. The highest BCUT2D eigenvalue weighted by Gasteiger charge is 2.42. The summed E-state index contributed by atoms with van der Waals surface area (Å²) in [4.78, 5) is 12.7. The van der Waals surface area contributed by atoms with Crippen molar-refractivity contribution in [1.82, 2.24) is 20.0 Å². The van der Waals surface area contributed by atoms with E-state index >= 15 is 0 Å². The Morgan fingerprint density at radius 1 is 0.971 bits per heavy atom. The van der Waals surface area contributed by atoms with Gasteiger partial charge in [-0.2, -0.15) is 0 Å². The third-order valence-electron chi connectivity index (χ3n) is 7.32. The topological polar surface area (TPSA) is 34.1 Å². The molecule has 0 aliphatic carbocycles. The minimum absolute atomic E-state index is 0.291. The maximum atomic E-state index is 5.00. The molecule has 2 aromatic rings. The van der Waals surface area contributed by atoms with E-state index in [1.165, 1.54) is 28.2 Å². The maximum absolute atomic E-state index is 5.00. The van der Waals surface area contributed by atoms with Crippen LogP contribution in [0, 0.1) is 0 Å². The molecule has 5 heteroatoms. The number of rotatable bonds is 7. The summed E-state index contributed by atoms with van der Waals surface area (Å²) in [6, 6.07) is 22.6. The number of hydrogen-bond acceptors (Lipinski definition) is 5. The molecule has 1 fully saturated rings. The molecule has 184 valence electrons. The zero-order valence-electron chi connectivity index (χ0n) is 21.6. The van der Waals surface area contributed by atoms with Crippen molar-refractivity contribution in [2.75, 3.05) is 26.2 Å². The molecule has 35 heavy (non-hydrogen) atoms. The summed E-state index contributed by atoms with van der Waals surface area (Å²) in [5.74, 6) is 2.43. The molecule has 3 heterocycles. The van der Waals surface area contributed by atoms with Gasteiger partial charge in [0.2, 0.25) is 0 Å². The van der Waals surface area contributed by atoms with Crippen molar-refractivity contribution in [1.29, 1.82) is 0 Å². The van der Waals surface area contributed by atoms with Crippen LogP contribution in [0.1, 0.15) is 38.8 Å². The summed E-state index contributed by atoms with van der Waals surface area (Å²) in [6.45, 7) is 12.7. The quantitative estimate of drug-likeness (QED) is 0.640. The fraction of sp³-hybridized carbons (Fsp3) is 0.433. The molecule has 2 aromatic carbocycles. The van der Waals surface area contributed by atoms with Crippen LogP contribution < -0.4 is 5.32 Å². The Hall–Kier alpha value is -3.05. The molecule has 0 bridgehead atoms. The van der Waals surface area contributed by atoms with Gasteiger partial charge in [0.05, 0.1) is 25.3 Å². The first kappa shape index (κ1) is 23.7. The van der Waals surface area contributed by atoms with Crippen molar-refractivity contribution < 1.29 is 0 Å². The van der Waals surface area contributed by atoms with Gasteiger partial charge in [-0.1, -0.05) is 66.2 Å². The third kappa shape index (κ3) is 5.15. The Kier molecular flexibility index (Phi) is 6.96. The Morgan fingerprint density at radius 3 is 2.31 bits per heavy atom. The second kappa shape index (κ2) is 10.3. The minimum Gasteiger partial charge on any atom is -0.350 e. The predicted molar refractivity (Wildman–Crippen MR) is 145 cm³/mol. The lowest BCUT2D eigenvalue weighted by Gasteiger charge is -2.32. The molecule has 0 aromatic heterocycles. The van der Waals surface area contributed by atoms with Crippen molar-refractivity contribution in [3.05, 3.63) is 95.0 Å². The van der Waals surface area contributed by atoms with Gasteiger partial charge in [0.15, 0.2) is 0 Å². The Morgan fingerprint density at radius 2 is 1.66 bits per heavy atom. The van der Waals surface area contributed by atoms with Crippen LogP contribution in [0.2, 0.25) is 0 Å². The highest BCUT2D eigenvalue weighted by molar-refractivity contribution is 5.97. The molecule has 1 N–H and O–H groups in total. The Bertz CT molecular complexity index is 1100. The predicted octanol–water partition coefficient (Wildman–Crippen LogP) is 4.65. The average Bonchev–Trinajstić information content (AvgIpc) is 3.35. The molecular formula is C30H39N5. The maximum Gasteiger partial charge on any atom is 0.131 e. The molecule has 0 spiro atoms. The summed E-state index contributed by atoms with van der Waals surface area (Å²) < 4.78 is 0. The first-order chi connectivity index (χ1) is 17.0. The van der Waals surface area contributed by atoms with Gasteiger partial charge in [-0.05, 0) is 51.7 Å². The van der Waals surface area contributed by atoms with Gasteiger partial charge in [-0.25, -0.2) is 0 Å². The van der Waals surface area contributed by atoms with Gasteiger partial charge in [-0.3, -0.25) is 10.3 Å². The van der Waals surface area contributed by atoms with Gasteiger partial charge in [0.1, 0.15) is 11.7 Å². The highest BCUT2D eigenvalue weighted by Crippen LogP contribution is 2.33. The summed E-state index contributed by atoms with van der Waals surface area (Å²) >= 11 is 0. The van der Waals surface area contributed by atoms with E-state index in [4.69, 9.17) is 4.99 Å². The number of allylic oxidation sites excluding steroid dienone is 1. The SMILES string of the molecule is CC(C)=C1CN=C2C=C3N(CC(NC(C)C)N3CCc3ccccc3)C(Cc3ccccc3)CN21. The van der Waals surface area contributed by atoms with Crippen molar-refractivity contribution >= 4 is 5.84 Å². The fourth-order valence-electron chi connectivity index (χ4n) is 5.60. The van der Waals surface area contributed by atoms with Crippen molar-refractivity contribution in [2.24, 2.45) is 4.99 Å². The van der Waals surface area contributed by atoms with Crippen LogP contribution in [0.15, 0.2) is 88.8 Å². The summed E-state index contributed by atoms with van der Waals surface area (Å²) in [5.41, 5.74) is 5.51. The number of hydrogen-bond donors (Lipinski definition) is 1. The van der Waals surface area contributed by atoms with Crippen LogP contribution in [0.3, 0.4) is 0 Å². The van der Waals surface area contributed by atoms with Gasteiger partial charge in [-0.15, -0.1) is 0 Å². The highest BCUT2D eigenvalue weighted by atomic mass is 15.5. The standard InChI is InChI=1S/C30H39N5/c1-22(2)27-19-31-28-18-30-33(16-15-24-11-7-5-8-12-24)29(32-23(3)4)21-34(30)26(20-35(27)28)17-25-13-9-6-10-14-25/h5-14,18,23,26,29,32H,15-17,19-21H2,1-4H3. The molecule has 2 atom stereocenters. The Balaban J connectivity index is 1.50. The van der Waals surface area contributed by atoms with Crippen LogP contribution in [0.25, 0.3) is 0 Å².